The Morgan fingerprint density at radius 3 is 2.00 bits per heavy atom. The van der Waals surface area contributed by atoms with Gasteiger partial charge < -0.3 is 52.0 Å². The molecular formula is C35H53FN4O13P2. The third-order valence-corrected chi connectivity index (χ3v) is 14.2. The lowest BCUT2D eigenvalue weighted by Crippen LogP contribution is -2.55. The molecule has 2 amide bonds. The van der Waals surface area contributed by atoms with E-state index in [4.69, 9.17) is 32.3 Å². The van der Waals surface area contributed by atoms with Crippen LogP contribution in [-0.2, 0) is 41.5 Å². The number of rotatable bonds is 17. The van der Waals surface area contributed by atoms with Gasteiger partial charge in [-0.2, -0.15) is 0 Å². The van der Waals surface area contributed by atoms with Crippen molar-refractivity contribution in [3.05, 3.63) is 33.9 Å². The highest BCUT2D eigenvalue weighted by Gasteiger charge is 2.52. The van der Waals surface area contributed by atoms with Crippen LogP contribution in [0.2, 0.25) is 0 Å². The highest BCUT2D eigenvalue weighted by Crippen LogP contribution is 2.69. The predicted octanol–water partition coefficient (Wildman–Crippen LogP) is 6.02. The normalized spacial score (nSPS) is 16.7. The van der Waals surface area contributed by atoms with E-state index < -0.39 is 67.7 Å². The Morgan fingerprint density at radius 2 is 1.53 bits per heavy atom. The molecule has 1 N–H and O–H groups in total. The number of nitrogens with zero attached hydrogens (tertiary/aromatic N) is 3. The fourth-order valence-corrected chi connectivity index (χ4v) is 11.2. The minimum absolute atomic E-state index is 0.0864. The predicted molar refractivity (Wildman–Crippen MR) is 202 cm³/mol. The molecule has 4 rings (SSSR count). The number of methoxy groups -OCH3 is 1. The fourth-order valence-electron chi connectivity index (χ4n) is 6.27. The number of carbonyl (C=O) groups is 3. The molecule has 0 spiro atoms. The molecule has 1 saturated heterocycles. The number of nitrogens with one attached hydrogen (secondary N) is 1. The quantitative estimate of drug-likeness (QED) is 0.144. The molecule has 2 aliphatic rings. The van der Waals surface area contributed by atoms with Gasteiger partial charge in [0.05, 0.1) is 44.4 Å². The molecule has 308 valence electrons. The number of halogens is 1. The van der Waals surface area contributed by atoms with Crippen LogP contribution >= 0.6 is 15.2 Å². The van der Waals surface area contributed by atoms with E-state index in [1.165, 1.54) is 41.0 Å². The number of fused-ring (bicyclic) bond motifs is 1. The maximum absolute atomic E-state index is 16.2. The number of pyridine rings is 1. The monoisotopic (exact) mass is 818 g/mol. The first kappa shape index (κ1) is 44.2. The Kier molecular flexibility index (Phi) is 14.6. The average Bonchev–Trinajstić information content (AvgIpc) is 3.94. The number of amides is 2. The zero-order valence-corrected chi connectivity index (χ0v) is 34.7. The summed E-state index contributed by atoms with van der Waals surface area (Å²) >= 11 is 0. The number of benzene rings is 1. The van der Waals surface area contributed by atoms with Crippen molar-refractivity contribution in [2.24, 2.45) is 0 Å². The average molecular weight is 819 g/mol. The first-order valence-corrected chi connectivity index (χ1v) is 21.5. The number of piperazine rings is 1. The number of hydrogen-bond donors (Lipinski definition) is 1. The van der Waals surface area contributed by atoms with Crippen molar-refractivity contribution >= 4 is 49.8 Å². The molecule has 1 aromatic carbocycles. The summed E-state index contributed by atoms with van der Waals surface area (Å²) in [6, 6.07) is 0.548. The van der Waals surface area contributed by atoms with Crippen LogP contribution in [0.25, 0.3) is 10.9 Å². The van der Waals surface area contributed by atoms with Gasteiger partial charge in [0.25, 0.3) is 5.91 Å². The largest absolute Gasteiger partial charge is 0.492 e. The molecule has 1 aliphatic heterocycles. The first-order valence-electron chi connectivity index (χ1n) is 18.3. The van der Waals surface area contributed by atoms with Gasteiger partial charge in [-0.3, -0.25) is 18.7 Å². The van der Waals surface area contributed by atoms with Crippen molar-refractivity contribution in [2.75, 3.05) is 64.7 Å². The minimum atomic E-state index is -4.37. The SMILES string of the molecule is CCOP(=O)(OCC)C(NC(=O)COC(=O)c1cn(C2CC2)c2c(OC)c(N3CCN(C(=O)OC(C)(C)C)C(C)C3)c(F)cc2c1=O)P(=O)(OCC)OCC. The highest BCUT2D eigenvalue weighted by molar-refractivity contribution is 7.72. The Balaban J connectivity index is 1.64. The highest BCUT2D eigenvalue weighted by atomic mass is 31.2. The summed E-state index contributed by atoms with van der Waals surface area (Å²) in [4.78, 5) is 56.7. The van der Waals surface area contributed by atoms with Crippen LogP contribution in [0.15, 0.2) is 17.1 Å². The number of anilines is 1. The Hall–Kier alpha value is -3.53. The van der Waals surface area contributed by atoms with Gasteiger partial charge in [0.1, 0.15) is 16.9 Å². The zero-order chi connectivity index (χ0) is 40.9. The lowest BCUT2D eigenvalue weighted by atomic mass is 10.1. The number of aromatic nitrogens is 1. The number of ether oxygens (including phenoxy) is 3. The van der Waals surface area contributed by atoms with E-state index in [1.807, 2.05) is 6.92 Å². The summed E-state index contributed by atoms with van der Waals surface area (Å²) in [5.41, 5.74) is -3.55. The molecule has 1 unspecified atom stereocenters. The van der Waals surface area contributed by atoms with Crippen molar-refractivity contribution < 1.29 is 60.2 Å². The molecule has 20 heteroatoms. The van der Waals surface area contributed by atoms with Gasteiger partial charge in [-0.1, -0.05) is 0 Å². The van der Waals surface area contributed by atoms with Crippen LogP contribution in [-0.4, -0.2) is 104 Å². The lowest BCUT2D eigenvalue weighted by Gasteiger charge is -2.41. The van der Waals surface area contributed by atoms with E-state index in [9.17, 15) is 28.3 Å². The van der Waals surface area contributed by atoms with Gasteiger partial charge in [-0.05, 0) is 74.3 Å². The van der Waals surface area contributed by atoms with E-state index in [1.54, 1.807) is 35.1 Å². The molecule has 0 bridgehead atoms. The summed E-state index contributed by atoms with van der Waals surface area (Å²) in [5.74, 6) is -2.96. The van der Waals surface area contributed by atoms with Crippen molar-refractivity contribution in [3.63, 3.8) is 0 Å². The number of esters is 1. The fraction of sp³-hybridized carbons (Fsp3) is 0.657. The molecule has 55 heavy (non-hydrogen) atoms. The third-order valence-electron chi connectivity index (χ3n) is 8.59. The number of hydrogen-bond acceptors (Lipinski definition) is 14. The van der Waals surface area contributed by atoms with Crippen molar-refractivity contribution in [3.8, 4) is 5.75 Å². The smallest absolute Gasteiger partial charge is 0.410 e. The first-order chi connectivity index (χ1) is 25.9. The molecule has 1 aliphatic carbocycles. The van der Waals surface area contributed by atoms with Gasteiger partial charge >= 0.3 is 27.3 Å². The molecule has 2 aromatic rings. The summed E-state index contributed by atoms with van der Waals surface area (Å²) in [6.45, 7) is 12.4. The van der Waals surface area contributed by atoms with E-state index in [0.717, 1.165) is 6.07 Å². The second kappa shape index (κ2) is 18.2. The van der Waals surface area contributed by atoms with Crippen LogP contribution in [0.5, 0.6) is 5.75 Å². The lowest BCUT2D eigenvalue weighted by molar-refractivity contribution is -0.124. The molecule has 17 nitrogen and oxygen atoms in total. The van der Waals surface area contributed by atoms with Gasteiger partial charge in [-0.25, -0.2) is 14.0 Å². The summed E-state index contributed by atoms with van der Waals surface area (Å²) < 4.78 is 83.4. The molecule has 1 atom stereocenters. The second-order valence-corrected chi connectivity index (χ2v) is 18.5. The standard InChI is InChI=1S/C35H53FN4O13P2/c1-10-49-54(45,50-11-2)33(55(46,51-12-3)52-13-4)37-27(41)21-48-32(43)25-20-40(23-14-15-23)28-24(30(25)42)18-26(36)29(31(28)47-9)38-16-17-39(22(5)19-38)34(44)53-35(6,7)8/h18,20,22-23,33H,10-17,19,21H2,1-9H3,(H,37,41). The van der Waals surface area contributed by atoms with Crippen molar-refractivity contribution in [1.82, 2.24) is 14.8 Å². The van der Waals surface area contributed by atoms with Gasteiger partial charge in [0.2, 0.25) is 11.0 Å². The van der Waals surface area contributed by atoms with Crippen LogP contribution in [0.4, 0.5) is 14.9 Å². The third kappa shape index (κ3) is 10.1. The molecular weight excluding hydrogens is 765 g/mol. The molecule has 1 saturated carbocycles. The van der Waals surface area contributed by atoms with Gasteiger partial charge in [-0.15, -0.1) is 0 Å². The zero-order valence-electron chi connectivity index (χ0n) is 32.9. The Labute approximate surface area is 320 Å². The Morgan fingerprint density at radius 1 is 0.964 bits per heavy atom. The maximum Gasteiger partial charge on any atom is 0.410 e. The Bertz CT molecular complexity index is 1850. The van der Waals surface area contributed by atoms with E-state index >= 15 is 4.39 Å². The van der Waals surface area contributed by atoms with E-state index in [2.05, 4.69) is 5.32 Å². The molecule has 2 heterocycles. The summed E-state index contributed by atoms with van der Waals surface area (Å²) in [6.07, 6.45) is 2.24. The van der Waals surface area contributed by atoms with Crippen LogP contribution in [0.1, 0.15) is 84.6 Å². The van der Waals surface area contributed by atoms with Crippen LogP contribution in [0.3, 0.4) is 0 Å². The summed E-state index contributed by atoms with van der Waals surface area (Å²) in [7, 11) is -7.39. The molecule has 0 radical (unpaired) electrons. The van der Waals surface area contributed by atoms with Crippen molar-refractivity contribution in [1.29, 1.82) is 0 Å². The maximum atomic E-state index is 16.2. The van der Waals surface area contributed by atoms with Crippen molar-refractivity contribution in [2.45, 2.75) is 91.4 Å². The van der Waals surface area contributed by atoms with E-state index in [0.29, 0.717) is 12.8 Å². The van der Waals surface area contributed by atoms with Gasteiger partial charge in [0.15, 0.2) is 18.2 Å². The number of carbonyl (C=O) groups excluding carboxylic acids is 3. The van der Waals surface area contributed by atoms with Gasteiger partial charge in [0, 0.05) is 37.9 Å². The topological polar surface area (TPSA) is 190 Å². The summed E-state index contributed by atoms with van der Waals surface area (Å²) in [5, 5.41) is 2.14. The molecule has 1 aromatic heterocycles. The minimum Gasteiger partial charge on any atom is -0.492 e. The van der Waals surface area contributed by atoms with Crippen LogP contribution < -0.4 is 20.4 Å². The van der Waals surface area contributed by atoms with Crippen LogP contribution in [0, 0.1) is 5.82 Å². The van der Waals surface area contributed by atoms with E-state index in [-0.39, 0.29) is 80.5 Å². The second-order valence-electron chi connectivity index (χ2n) is 13.9. The molecule has 2 fully saturated rings.